The molecule has 1 unspecified atom stereocenters. The van der Waals surface area contributed by atoms with Gasteiger partial charge >= 0.3 is 0 Å². The van der Waals surface area contributed by atoms with E-state index in [4.69, 9.17) is 4.74 Å². The number of aromatic nitrogens is 1. The number of halogens is 1. The highest BCUT2D eigenvalue weighted by molar-refractivity contribution is 5.42. The van der Waals surface area contributed by atoms with Gasteiger partial charge in [0, 0.05) is 44.5 Å². The van der Waals surface area contributed by atoms with Crippen molar-refractivity contribution in [1.82, 2.24) is 10.3 Å². The predicted octanol–water partition coefficient (Wildman–Crippen LogP) is 2.58. The fourth-order valence-corrected chi connectivity index (χ4v) is 2.61. The summed E-state index contributed by atoms with van der Waals surface area (Å²) in [4.78, 5) is 6.12. The molecule has 21 heavy (non-hydrogen) atoms. The predicted molar refractivity (Wildman–Crippen MR) is 83.0 cm³/mol. The van der Waals surface area contributed by atoms with Gasteiger partial charge in [0.15, 0.2) is 11.6 Å². The van der Waals surface area contributed by atoms with E-state index in [1.807, 2.05) is 11.9 Å². The Bertz CT molecular complexity index is 447. The molecule has 0 saturated carbocycles. The molecule has 4 nitrogen and oxygen atoms in total. The Hall–Kier alpha value is -1.20. The zero-order valence-electron chi connectivity index (χ0n) is 13.2. The lowest BCUT2D eigenvalue weighted by atomic mass is 10.0. The van der Waals surface area contributed by atoms with Gasteiger partial charge in [-0.05, 0) is 24.8 Å². The number of nitrogens with one attached hydrogen (secondary N) is 1. The SMILES string of the molecule is CC(C)NCc1ccnc(N(C)CC2CCCOC2)c1F. The lowest BCUT2D eigenvalue weighted by molar-refractivity contribution is 0.0575. The average Bonchev–Trinajstić information content (AvgIpc) is 2.47. The van der Waals surface area contributed by atoms with Crippen LogP contribution in [-0.2, 0) is 11.3 Å². The molecule has 1 aliphatic heterocycles. The highest BCUT2D eigenvalue weighted by atomic mass is 19.1. The molecule has 1 aromatic rings. The van der Waals surface area contributed by atoms with E-state index < -0.39 is 0 Å². The van der Waals surface area contributed by atoms with Crippen LogP contribution in [-0.4, -0.2) is 37.8 Å². The van der Waals surface area contributed by atoms with Gasteiger partial charge in [-0.25, -0.2) is 9.37 Å². The Labute approximate surface area is 126 Å². The van der Waals surface area contributed by atoms with Crippen LogP contribution >= 0.6 is 0 Å². The number of hydrogen-bond acceptors (Lipinski definition) is 4. The minimum atomic E-state index is -0.218. The first-order valence-electron chi connectivity index (χ1n) is 7.73. The minimum Gasteiger partial charge on any atom is -0.381 e. The van der Waals surface area contributed by atoms with Crippen molar-refractivity contribution in [3.05, 3.63) is 23.6 Å². The molecule has 1 saturated heterocycles. The fraction of sp³-hybridized carbons (Fsp3) is 0.688. The molecule has 0 bridgehead atoms. The van der Waals surface area contributed by atoms with Gasteiger partial charge in [0.2, 0.25) is 0 Å². The molecule has 0 aromatic carbocycles. The first kappa shape index (κ1) is 16.2. The highest BCUT2D eigenvalue weighted by Gasteiger charge is 2.19. The molecule has 2 rings (SSSR count). The number of hydrogen-bond donors (Lipinski definition) is 1. The monoisotopic (exact) mass is 295 g/mol. The van der Waals surface area contributed by atoms with Gasteiger partial charge in [-0.1, -0.05) is 13.8 Å². The van der Waals surface area contributed by atoms with Crippen LogP contribution in [0.3, 0.4) is 0 Å². The van der Waals surface area contributed by atoms with Crippen LogP contribution in [0.5, 0.6) is 0 Å². The Morgan fingerprint density at radius 1 is 1.52 bits per heavy atom. The standard InChI is InChI=1S/C16H26FN3O/c1-12(2)19-9-14-6-7-18-16(15(14)17)20(3)10-13-5-4-8-21-11-13/h6-7,12-13,19H,4-5,8-11H2,1-3H3. The van der Waals surface area contributed by atoms with E-state index in [1.165, 1.54) is 0 Å². The van der Waals surface area contributed by atoms with Crippen LogP contribution in [0.15, 0.2) is 12.3 Å². The average molecular weight is 295 g/mol. The Balaban J connectivity index is 2.02. The second-order valence-electron chi connectivity index (χ2n) is 6.11. The van der Waals surface area contributed by atoms with Gasteiger partial charge in [0.25, 0.3) is 0 Å². The van der Waals surface area contributed by atoms with Crippen molar-refractivity contribution in [1.29, 1.82) is 0 Å². The molecular formula is C16H26FN3O. The second-order valence-corrected chi connectivity index (χ2v) is 6.11. The molecule has 118 valence electrons. The van der Waals surface area contributed by atoms with Crippen LogP contribution < -0.4 is 10.2 Å². The lowest BCUT2D eigenvalue weighted by Crippen LogP contribution is -2.32. The van der Waals surface area contributed by atoms with Crippen molar-refractivity contribution in [2.75, 3.05) is 31.7 Å². The molecule has 0 aliphatic carbocycles. The normalized spacial score (nSPS) is 19.0. The maximum absolute atomic E-state index is 14.6. The topological polar surface area (TPSA) is 37.4 Å². The minimum absolute atomic E-state index is 0.218. The first-order valence-corrected chi connectivity index (χ1v) is 7.73. The molecule has 1 aliphatic rings. The largest absolute Gasteiger partial charge is 0.381 e. The molecule has 0 amide bonds. The van der Waals surface area contributed by atoms with Gasteiger partial charge < -0.3 is 15.0 Å². The molecule has 0 spiro atoms. The van der Waals surface area contributed by atoms with Crippen molar-refractivity contribution in [3.63, 3.8) is 0 Å². The first-order chi connectivity index (χ1) is 10.1. The van der Waals surface area contributed by atoms with E-state index in [1.54, 1.807) is 12.3 Å². The summed E-state index contributed by atoms with van der Waals surface area (Å²) in [6.07, 6.45) is 3.91. The van der Waals surface area contributed by atoms with E-state index in [-0.39, 0.29) is 5.82 Å². The van der Waals surface area contributed by atoms with Crippen LogP contribution in [0.4, 0.5) is 10.2 Å². The zero-order valence-corrected chi connectivity index (χ0v) is 13.2. The molecule has 2 heterocycles. The zero-order chi connectivity index (χ0) is 15.2. The highest BCUT2D eigenvalue weighted by Crippen LogP contribution is 2.22. The third-order valence-corrected chi connectivity index (χ3v) is 3.80. The lowest BCUT2D eigenvalue weighted by Gasteiger charge is -2.28. The molecule has 1 aromatic heterocycles. The van der Waals surface area contributed by atoms with Crippen LogP contribution in [0.2, 0.25) is 0 Å². The van der Waals surface area contributed by atoms with Gasteiger partial charge in [-0.3, -0.25) is 0 Å². The summed E-state index contributed by atoms with van der Waals surface area (Å²) in [5, 5.41) is 3.24. The van der Waals surface area contributed by atoms with Crippen LogP contribution in [0, 0.1) is 11.7 Å². The number of nitrogens with zero attached hydrogens (tertiary/aromatic N) is 2. The summed E-state index contributed by atoms with van der Waals surface area (Å²) in [6.45, 7) is 7.03. The Morgan fingerprint density at radius 2 is 2.33 bits per heavy atom. The number of rotatable bonds is 6. The molecule has 1 N–H and O–H groups in total. The number of pyridine rings is 1. The summed E-state index contributed by atoms with van der Waals surface area (Å²) < 4.78 is 20.0. The molecule has 0 radical (unpaired) electrons. The quantitative estimate of drug-likeness (QED) is 0.875. The van der Waals surface area contributed by atoms with E-state index in [0.29, 0.717) is 29.9 Å². The maximum Gasteiger partial charge on any atom is 0.170 e. The fourth-order valence-electron chi connectivity index (χ4n) is 2.61. The van der Waals surface area contributed by atoms with Crippen molar-refractivity contribution in [2.45, 2.75) is 39.3 Å². The summed E-state index contributed by atoms with van der Waals surface area (Å²) in [5.74, 6) is 0.677. The molecular weight excluding hydrogens is 269 g/mol. The van der Waals surface area contributed by atoms with Gasteiger partial charge in [0.05, 0.1) is 6.61 Å². The van der Waals surface area contributed by atoms with E-state index >= 15 is 0 Å². The third-order valence-electron chi connectivity index (χ3n) is 3.80. The van der Waals surface area contributed by atoms with E-state index in [0.717, 1.165) is 32.6 Å². The maximum atomic E-state index is 14.6. The summed E-state index contributed by atoms with van der Waals surface area (Å²) in [6, 6.07) is 2.07. The molecule has 5 heteroatoms. The smallest absolute Gasteiger partial charge is 0.170 e. The van der Waals surface area contributed by atoms with Crippen molar-refractivity contribution in [3.8, 4) is 0 Å². The van der Waals surface area contributed by atoms with E-state index in [2.05, 4.69) is 24.1 Å². The van der Waals surface area contributed by atoms with Crippen molar-refractivity contribution < 1.29 is 9.13 Å². The summed E-state index contributed by atoms with van der Waals surface area (Å²) in [7, 11) is 1.90. The Kier molecular flexibility index (Phi) is 5.94. The number of anilines is 1. The summed E-state index contributed by atoms with van der Waals surface area (Å²) >= 11 is 0. The molecule has 1 atom stereocenters. The van der Waals surface area contributed by atoms with Crippen LogP contribution in [0.1, 0.15) is 32.3 Å². The number of ether oxygens (including phenoxy) is 1. The second kappa shape index (κ2) is 7.71. The summed E-state index contributed by atoms with van der Waals surface area (Å²) in [5.41, 5.74) is 0.667. The van der Waals surface area contributed by atoms with Crippen LogP contribution in [0.25, 0.3) is 0 Å². The van der Waals surface area contributed by atoms with E-state index in [9.17, 15) is 4.39 Å². The van der Waals surface area contributed by atoms with Crippen molar-refractivity contribution >= 4 is 5.82 Å². The van der Waals surface area contributed by atoms with Crippen molar-refractivity contribution in [2.24, 2.45) is 5.92 Å². The molecule has 1 fully saturated rings. The third kappa shape index (κ3) is 4.64. The van der Waals surface area contributed by atoms with Gasteiger partial charge in [-0.2, -0.15) is 0 Å². The van der Waals surface area contributed by atoms with Gasteiger partial charge in [0.1, 0.15) is 0 Å². The van der Waals surface area contributed by atoms with Gasteiger partial charge in [-0.15, -0.1) is 0 Å². The Morgan fingerprint density at radius 3 is 3.00 bits per heavy atom.